The van der Waals surface area contributed by atoms with Crippen LogP contribution in [0.5, 0.6) is 11.5 Å². The molecule has 0 fully saturated rings. The standard InChI is InChI=1S/C21H21N3O3S/c1-3-4-15-11-14(7-8-22-15)21-23-13(2)19(28-21)20(25)24-16-5-6-17-18(12-16)27-10-9-26-17/h5-8,11-12H,3-4,9-10H2,1-2H3,(H,24,25). The molecular formula is C21H21N3O3S. The highest BCUT2D eigenvalue weighted by atomic mass is 32.1. The number of aryl methyl sites for hydroxylation is 2. The SMILES string of the molecule is CCCc1cc(-c2nc(C)c(C(=O)Nc3ccc4c(c3)OCCO4)s2)ccn1. The predicted molar refractivity (Wildman–Crippen MR) is 109 cm³/mol. The summed E-state index contributed by atoms with van der Waals surface area (Å²) in [5, 5.41) is 3.75. The average molecular weight is 395 g/mol. The number of nitrogens with one attached hydrogen (secondary N) is 1. The van der Waals surface area contributed by atoms with E-state index in [0.717, 1.165) is 29.1 Å². The Hall–Kier alpha value is -2.93. The highest BCUT2D eigenvalue weighted by Gasteiger charge is 2.18. The molecule has 6 nitrogen and oxygen atoms in total. The Bertz CT molecular complexity index is 1020. The number of aromatic nitrogens is 2. The molecule has 144 valence electrons. The lowest BCUT2D eigenvalue weighted by Crippen LogP contribution is -2.16. The molecule has 0 atom stereocenters. The molecule has 1 amide bonds. The van der Waals surface area contributed by atoms with Crippen molar-refractivity contribution >= 4 is 22.9 Å². The molecule has 0 spiro atoms. The van der Waals surface area contributed by atoms with E-state index in [4.69, 9.17) is 9.47 Å². The number of ether oxygens (including phenoxy) is 2. The molecule has 0 bridgehead atoms. The normalized spacial score (nSPS) is 12.6. The number of amides is 1. The van der Waals surface area contributed by atoms with E-state index in [1.807, 2.05) is 25.1 Å². The van der Waals surface area contributed by atoms with Gasteiger partial charge in [0, 0.05) is 29.2 Å². The lowest BCUT2D eigenvalue weighted by Gasteiger charge is -2.18. The second kappa shape index (κ2) is 7.98. The maximum Gasteiger partial charge on any atom is 0.267 e. The van der Waals surface area contributed by atoms with Crippen LogP contribution in [0.4, 0.5) is 5.69 Å². The van der Waals surface area contributed by atoms with Crippen molar-refractivity contribution < 1.29 is 14.3 Å². The number of hydrogen-bond acceptors (Lipinski definition) is 6. The summed E-state index contributed by atoms with van der Waals surface area (Å²) < 4.78 is 11.1. The molecule has 0 radical (unpaired) electrons. The van der Waals surface area contributed by atoms with Crippen molar-refractivity contribution in [3.05, 3.63) is 52.8 Å². The van der Waals surface area contributed by atoms with Crippen molar-refractivity contribution in [2.24, 2.45) is 0 Å². The van der Waals surface area contributed by atoms with E-state index in [1.165, 1.54) is 11.3 Å². The summed E-state index contributed by atoms with van der Waals surface area (Å²) in [4.78, 5) is 22.4. The summed E-state index contributed by atoms with van der Waals surface area (Å²) in [5.74, 6) is 1.16. The van der Waals surface area contributed by atoms with Gasteiger partial charge in [0.05, 0.1) is 5.69 Å². The van der Waals surface area contributed by atoms with Crippen molar-refractivity contribution in [1.29, 1.82) is 0 Å². The minimum Gasteiger partial charge on any atom is -0.486 e. The Balaban J connectivity index is 1.55. The van der Waals surface area contributed by atoms with Gasteiger partial charge in [-0.25, -0.2) is 4.98 Å². The molecule has 28 heavy (non-hydrogen) atoms. The molecule has 1 aliphatic rings. The molecule has 0 unspecified atom stereocenters. The van der Waals surface area contributed by atoms with Crippen LogP contribution in [0, 0.1) is 6.92 Å². The lowest BCUT2D eigenvalue weighted by atomic mass is 10.2. The molecule has 1 aromatic carbocycles. The number of carbonyl (C=O) groups excluding carboxylic acids is 1. The van der Waals surface area contributed by atoms with Gasteiger partial charge in [0.15, 0.2) is 11.5 Å². The zero-order chi connectivity index (χ0) is 19.5. The zero-order valence-electron chi connectivity index (χ0n) is 15.8. The Kier molecular flexibility index (Phi) is 5.25. The monoisotopic (exact) mass is 395 g/mol. The van der Waals surface area contributed by atoms with E-state index in [0.29, 0.717) is 41.0 Å². The summed E-state index contributed by atoms with van der Waals surface area (Å²) >= 11 is 1.39. The molecule has 3 aromatic rings. The average Bonchev–Trinajstić information content (AvgIpc) is 3.10. The van der Waals surface area contributed by atoms with Crippen LogP contribution >= 0.6 is 11.3 Å². The quantitative estimate of drug-likeness (QED) is 0.689. The van der Waals surface area contributed by atoms with Crippen LogP contribution < -0.4 is 14.8 Å². The van der Waals surface area contributed by atoms with Crippen LogP contribution in [0.3, 0.4) is 0 Å². The Morgan fingerprint density at radius 2 is 2.00 bits per heavy atom. The molecule has 1 aliphatic heterocycles. The number of benzene rings is 1. The van der Waals surface area contributed by atoms with E-state index in [1.54, 1.807) is 18.3 Å². The highest BCUT2D eigenvalue weighted by molar-refractivity contribution is 7.17. The summed E-state index contributed by atoms with van der Waals surface area (Å²) in [6, 6.07) is 9.37. The Morgan fingerprint density at radius 3 is 2.82 bits per heavy atom. The summed E-state index contributed by atoms with van der Waals surface area (Å²) in [6.07, 6.45) is 3.76. The van der Waals surface area contributed by atoms with Crippen LogP contribution in [-0.4, -0.2) is 29.1 Å². The van der Waals surface area contributed by atoms with Crippen molar-refractivity contribution in [3.63, 3.8) is 0 Å². The fraction of sp³-hybridized carbons (Fsp3) is 0.286. The van der Waals surface area contributed by atoms with Gasteiger partial charge in [0.25, 0.3) is 5.91 Å². The van der Waals surface area contributed by atoms with Crippen molar-refractivity contribution in [2.75, 3.05) is 18.5 Å². The number of fused-ring (bicyclic) bond motifs is 1. The van der Waals surface area contributed by atoms with Gasteiger partial charge in [-0.05, 0) is 37.6 Å². The number of thiazole rings is 1. The Morgan fingerprint density at radius 1 is 1.18 bits per heavy atom. The van der Waals surface area contributed by atoms with E-state index < -0.39 is 0 Å². The highest BCUT2D eigenvalue weighted by Crippen LogP contribution is 2.33. The smallest absolute Gasteiger partial charge is 0.267 e. The molecular weight excluding hydrogens is 374 g/mol. The topological polar surface area (TPSA) is 73.3 Å². The largest absolute Gasteiger partial charge is 0.486 e. The van der Waals surface area contributed by atoms with Gasteiger partial charge < -0.3 is 14.8 Å². The minimum atomic E-state index is -0.180. The molecule has 3 heterocycles. The first-order chi connectivity index (χ1) is 13.6. The molecule has 0 saturated carbocycles. The number of nitrogens with zero attached hydrogens (tertiary/aromatic N) is 2. The van der Waals surface area contributed by atoms with Gasteiger partial charge in [-0.3, -0.25) is 9.78 Å². The van der Waals surface area contributed by atoms with Crippen LogP contribution in [0.15, 0.2) is 36.5 Å². The minimum absolute atomic E-state index is 0.180. The van der Waals surface area contributed by atoms with Crippen LogP contribution in [0.2, 0.25) is 0 Å². The van der Waals surface area contributed by atoms with E-state index in [-0.39, 0.29) is 5.91 Å². The second-order valence-electron chi connectivity index (χ2n) is 6.53. The van der Waals surface area contributed by atoms with E-state index >= 15 is 0 Å². The van der Waals surface area contributed by atoms with Crippen molar-refractivity contribution in [3.8, 4) is 22.1 Å². The third-order valence-corrected chi connectivity index (χ3v) is 5.58. The van der Waals surface area contributed by atoms with Crippen LogP contribution in [0.25, 0.3) is 10.6 Å². The van der Waals surface area contributed by atoms with E-state index in [2.05, 4.69) is 22.2 Å². The number of anilines is 1. The fourth-order valence-corrected chi connectivity index (χ4v) is 4.00. The molecule has 7 heteroatoms. The van der Waals surface area contributed by atoms with Gasteiger partial charge in [0.2, 0.25) is 0 Å². The molecule has 0 saturated heterocycles. The summed E-state index contributed by atoms with van der Waals surface area (Å²) in [5.41, 5.74) is 3.40. The maximum absolute atomic E-state index is 12.8. The third-order valence-electron chi connectivity index (χ3n) is 4.37. The first kappa shape index (κ1) is 18.4. The van der Waals surface area contributed by atoms with E-state index in [9.17, 15) is 4.79 Å². The number of hydrogen-bond donors (Lipinski definition) is 1. The van der Waals surface area contributed by atoms with Gasteiger partial charge >= 0.3 is 0 Å². The van der Waals surface area contributed by atoms with Crippen molar-refractivity contribution in [2.45, 2.75) is 26.7 Å². The molecule has 0 aliphatic carbocycles. The predicted octanol–water partition coefficient (Wildman–Crippen LogP) is 4.49. The lowest BCUT2D eigenvalue weighted by molar-refractivity contribution is 0.102. The van der Waals surface area contributed by atoms with Gasteiger partial charge in [-0.15, -0.1) is 11.3 Å². The Labute approximate surface area is 167 Å². The molecule has 4 rings (SSSR count). The second-order valence-corrected chi connectivity index (χ2v) is 7.53. The third kappa shape index (κ3) is 3.84. The molecule has 2 aromatic heterocycles. The number of carbonyl (C=O) groups is 1. The summed E-state index contributed by atoms with van der Waals surface area (Å²) in [7, 11) is 0. The first-order valence-electron chi connectivity index (χ1n) is 9.28. The fourth-order valence-electron chi connectivity index (χ4n) is 3.04. The van der Waals surface area contributed by atoms with Gasteiger partial charge in [-0.2, -0.15) is 0 Å². The van der Waals surface area contributed by atoms with Gasteiger partial charge in [0.1, 0.15) is 23.1 Å². The van der Waals surface area contributed by atoms with Crippen LogP contribution in [0.1, 0.15) is 34.4 Å². The molecule has 1 N–H and O–H groups in total. The number of rotatable bonds is 5. The number of pyridine rings is 1. The first-order valence-corrected chi connectivity index (χ1v) is 10.1. The summed E-state index contributed by atoms with van der Waals surface area (Å²) in [6.45, 7) is 5.03. The van der Waals surface area contributed by atoms with Gasteiger partial charge in [-0.1, -0.05) is 13.3 Å². The zero-order valence-corrected chi connectivity index (χ0v) is 16.6. The van der Waals surface area contributed by atoms with Crippen LogP contribution in [-0.2, 0) is 6.42 Å². The maximum atomic E-state index is 12.8. The van der Waals surface area contributed by atoms with Crippen molar-refractivity contribution in [1.82, 2.24) is 9.97 Å².